The smallest absolute Gasteiger partial charge is 0.253 e. The molecule has 0 aromatic heterocycles. The number of piperidine rings is 1. The van der Waals surface area contributed by atoms with Gasteiger partial charge in [-0.25, -0.2) is 9.38 Å². The molecule has 0 spiro atoms. The third-order valence-corrected chi connectivity index (χ3v) is 5.63. The first-order chi connectivity index (χ1) is 15.0. The van der Waals surface area contributed by atoms with Crippen molar-refractivity contribution in [3.05, 3.63) is 70.5 Å². The number of guanidine groups is 1. The molecule has 1 fully saturated rings. The summed E-state index contributed by atoms with van der Waals surface area (Å²) in [5, 5.41) is 6.58. The summed E-state index contributed by atoms with van der Waals surface area (Å²) in [5.41, 5.74) is 3.20. The van der Waals surface area contributed by atoms with Gasteiger partial charge in [-0.05, 0) is 74.9 Å². The van der Waals surface area contributed by atoms with Crippen LogP contribution >= 0.6 is 0 Å². The Kier molecular flexibility index (Phi) is 8.04. The molecule has 0 radical (unpaired) electrons. The highest BCUT2D eigenvalue weighted by Crippen LogP contribution is 2.17. The normalized spacial score (nSPS) is 15.5. The molecule has 1 saturated heterocycles. The molecule has 1 aliphatic rings. The Morgan fingerprint density at radius 1 is 1.16 bits per heavy atom. The molecule has 31 heavy (non-hydrogen) atoms. The van der Waals surface area contributed by atoms with Crippen molar-refractivity contribution in [1.29, 1.82) is 0 Å². The van der Waals surface area contributed by atoms with Crippen molar-refractivity contribution in [2.75, 3.05) is 19.6 Å². The summed E-state index contributed by atoms with van der Waals surface area (Å²) in [6.45, 7) is 8.59. The maximum absolute atomic E-state index is 13.9. The third-order valence-electron chi connectivity index (χ3n) is 5.63. The highest BCUT2D eigenvalue weighted by atomic mass is 19.1. The number of amides is 1. The van der Waals surface area contributed by atoms with Crippen LogP contribution in [0.3, 0.4) is 0 Å². The lowest BCUT2D eigenvalue weighted by Crippen LogP contribution is -2.38. The van der Waals surface area contributed by atoms with E-state index in [1.165, 1.54) is 6.42 Å². The monoisotopic (exact) mass is 424 g/mol. The first-order valence-corrected chi connectivity index (χ1v) is 11.2. The molecule has 1 heterocycles. The molecule has 1 atom stereocenters. The average Bonchev–Trinajstić information content (AvgIpc) is 2.79. The Labute approximate surface area is 184 Å². The van der Waals surface area contributed by atoms with E-state index >= 15 is 0 Å². The molecule has 0 aliphatic carbocycles. The summed E-state index contributed by atoms with van der Waals surface area (Å²) >= 11 is 0. The van der Waals surface area contributed by atoms with Crippen LogP contribution in [0.25, 0.3) is 0 Å². The van der Waals surface area contributed by atoms with Crippen LogP contribution in [0.1, 0.15) is 66.2 Å². The van der Waals surface area contributed by atoms with E-state index in [9.17, 15) is 9.18 Å². The van der Waals surface area contributed by atoms with E-state index in [-0.39, 0.29) is 17.8 Å². The number of nitrogens with zero attached hydrogens (tertiary/aromatic N) is 2. The third kappa shape index (κ3) is 6.29. The van der Waals surface area contributed by atoms with Crippen molar-refractivity contribution in [3.63, 3.8) is 0 Å². The molecule has 1 aliphatic heterocycles. The van der Waals surface area contributed by atoms with Crippen LogP contribution < -0.4 is 10.6 Å². The summed E-state index contributed by atoms with van der Waals surface area (Å²) in [6.07, 6.45) is 3.36. The standard InChI is InChI=1S/C25H33FN4O/c1-4-27-25(29-19(3)21-12-11-18(2)23(26)16-21)28-17-20-9-8-10-22(15-20)24(31)30-13-6-5-7-14-30/h8-12,15-16,19H,4-7,13-14,17H2,1-3H3,(H2,27,28,29). The van der Waals surface area contributed by atoms with Gasteiger partial charge in [0, 0.05) is 25.2 Å². The Balaban J connectivity index is 1.68. The minimum atomic E-state index is -0.205. The zero-order valence-electron chi connectivity index (χ0n) is 18.7. The topological polar surface area (TPSA) is 56.7 Å². The molecule has 3 rings (SSSR count). The summed E-state index contributed by atoms with van der Waals surface area (Å²) in [5.74, 6) is 0.553. The molecular formula is C25H33FN4O. The van der Waals surface area contributed by atoms with Crippen molar-refractivity contribution in [2.45, 2.75) is 52.6 Å². The van der Waals surface area contributed by atoms with Gasteiger partial charge in [-0.15, -0.1) is 0 Å². The SMILES string of the molecule is CCNC(=NCc1cccc(C(=O)N2CCCCC2)c1)NC(C)c1ccc(C)c(F)c1. The number of carbonyl (C=O) groups excluding carboxylic acids is 1. The van der Waals surface area contributed by atoms with Gasteiger partial charge in [0.05, 0.1) is 12.6 Å². The molecular weight excluding hydrogens is 391 g/mol. The molecule has 6 heteroatoms. The number of hydrogen-bond acceptors (Lipinski definition) is 2. The number of nitrogens with one attached hydrogen (secondary N) is 2. The predicted molar refractivity (Wildman–Crippen MR) is 124 cm³/mol. The summed E-state index contributed by atoms with van der Waals surface area (Å²) < 4.78 is 13.9. The average molecular weight is 425 g/mol. The highest BCUT2D eigenvalue weighted by molar-refractivity contribution is 5.94. The van der Waals surface area contributed by atoms with E-state index in [1.807, 2.05) is 49.1 Å². The van der Waals surface area contributed by atoms with Crippen LogP contribution in [-0.2, 0) is 6.54 Å². The molecule has 2 N–H and O–H groups in total. The maximum Gasteiger partial charge on any atom is 0.253 e. The summed E-state index contributed by atoms with van der Waals surface area (Å²) in [4.78, 5) is 19.4. The van der Waals surface area contributed by atoms with Crippen LogP contribution in [0.4, 0.5) is 4.39 Å². The van der Waals surface area contributed by atoms with E-state index in [0.29, 0.717) is 24.6 Å². The van der Waals surface area contributed by atoms with E-state index in [2.05, 4.69) is 15.6 Å². The quantitative estimate of drug-likeness (QED) is 0.527. The summed E-state index contributed by atoms with van der Waals surface area (Å²) in [7, 11) is 0. The van der Waals surface area contributed by atoms with Crippen molar-refractivity contribution < 1.29 is 9.18 Å². The lowest BCUT2D eigenvalue weighted by atomic mass is 10.1. The molecule has 1 unspecified atom stereocenters. The van der Waals surface area contributed by atoms with Crippen molar-refractivity contribution in [3.8, 4) is 0 Å². The maximum atomic E-state index is 13.9. The second kappa shape index (κ2) is 10.9. The number of aryl methyl sites for hydroxylation is 1. The van der Waals surface area contributed by atoms with Crippen molar-refractivity contribution >= 4 is 11.9 Å². The van der Waals surface area contributed by atoms with E-state index in [4.69, 9.17) is 0 Å². The van der Waals surface area contributed by atoms with E-state index in [0.717, 1.165) is 42.6 Å². The highest BCUT2D eigenvalue weighted by Gasteiger charge is 2.18. The van der Waals surface area contributed by atoms with Gasteiger partial charge >= 0.3 is 0 Å². The first kappa shape index (κ1) is 22.8. The minimum absolute atomic E-state index is 0.0973. The fraction of sp³-hybridized carbons (Fsp3) is 0.440. The number of carbonyl (C=O) groups is 1. The van der Waals surface area contributed by atoms with Gasteiger partial charge in [-0.3, -0.25) is 4.79 Å². The Hall–Kier alpha value is -2.89. The minimum Gasteiger partial charge on any atom is -0.357 e. The zero-order valence-corrected chi connectivity index (χ0v) is 18.7. The van der Waals surface area contributed by atoms with Gasteiger partial charge < -0.3 is 15.5 Å². The number of benzene rings is 2. The molecule has 2 aromatic rings. The second-order valence-electron chi connectivity index (χ2n) is 8.12. The van der Waals surface area contributed by atoms with Crippen LogP contribution in [-0.4, -0.2) is 36.4 Å². The Morgan fingerprint density at radius 3 is 2.65 bits per heavy atom. The summed E-state index contributed by atoms with van der Waals surface area (Å²) in [6, 6.07) is 12.9. The van der Waals surface area contributed by atoms with Gasteiger partial charge in [0.25, 0.3) is 5.91 Å². The van der Waals surface area contributed by atoms with Gasteiger partial charge in [0.1, 0.15) is 5.82 Å². The molecule has 1 amide bonds. The first-order valence-electron chi connectivity index (χ1n) is 11.2. The molecule has 5 nitrogen and oxygen atoms in total. The molecule has 166 valence electrons. The van der Waals surface area contributed by atoms with Crippen molar-refractivity contribution in [2.24, 2.45) is 4.99 Å². The van der Waals surface area contributed by atoms with Crippen LogP contribution in [0.5, 0.6) is 0 Å². The number of rotatable bonds is 6. The number of halogens is 1. The lowest BCUT2D eigenvalue weighted by Gasteiger charge is -2.26. The second-order valence-corrected chi connectivity index (χ2v) is 8.12. The van der Waals surface area contributed by atoms with E-state index in [1.54, 1.807) is 19.1 Å². The number of hydrogen-bond donors (Lipinski definition) is 2. The van der Waals surface area contributed by atoms with Crippen LogP contribution in [0.2, 0.25) is 0 Å². The predicted octanol–water partition coefficient (Wildman–Crippen LogP) is 4.58. The zero-order chi connectivity index (χ0) is 22.2. The molecule has 2 aromatic carbocycles. The number of likely N-dealkylation sites (tertiary alicyclic amines) is 1. The van der Waals surface area contributed by atoms with E-state index < -0.39 is 0 Å². The largest absolute Gasteiger partial charge is 0.357 e. The lowest BCUT2D eigenvalue weighted by molar-refractivity contribution is 0.0724. The van der Waals surface area contributed by atoms with Crippen molar-refractivity contribution in [1.82, 2.24) is 15.5 Å². The van der Waals surface area contributed by atoms with Gasteiger partial charge in [0.15, 0.2) is 5.96 Å². The molecule has 0 saturated carbocycles. The molecule has 0 bridgehead atoms. The van der Waals surface area contributed by atoms with Crippen LogP contribution in [0.15, 0.2) is 47.5 Å². The fourth-order valence-corrected chi connectivity index (χ4v) is 3.74. The number of aliphatic imine (C=N–C) groups is 1. The van der Waals surface area contributed by atoms with Gasteiger partial charge in [0.2, 0.25) is 0 Å². The Bertz CT molecular complexity index is 921. The Morgan fingerprint density at radius 2 is 1.94 bits per heavy atom. The fourth-order valence-electron chi connectivity index (χ4n) is 3.74. The van der Waals surface area contributed by atoms with Crippen LogP contribution in [0, 0.1) is 12.7 Å². The van der Waals surface area contributed by atoms with Gasteiger partial charge in [-0.1, -0.05) is 24.3 Å². The van der Waals surface area contributed by atoms with Gasteiger partial charge in [-0.2, -0.15) is 0 Å².